The van der Waals surface area contributed by atoms with Gasteiger partial charge in [0.2, 0.25) is 0 Å². The number of benzene rings is 1. The molecular weight excluding hydrogens is 252 g/mol. The molecular formula is C14H15ClO3. The fraction of sp³-hybridized carbons (Fsp3) is 0.429. The first-order valence-electron chi connectivity index (χ1n) is 6.08. The van der Waals surface area contributed by atoms with Gasteiger partial charge in [0, 0.05) is 12.0 Å². The van der Waals surface area contributed by atoms with Gasteiger partial charge in [-0.2, -0.15) is 0 Å². The minimum atomic E-state index is -0.748. The third kappa shape index (κ3) is 2.91. The normalized spacial score (nSPS) is 22.9. The number of carbonyl (C=O) groups is 2. The number of ketones is 1. The highest BCUT2D eigenvalue weighted by molar-refractivity contribution is 6.33. The van der Waals surface area contributed by atoms with Gasteiger partial charge < -0.3 is 5.11 Å². The topological polar surface area (TPSA) is 54.4 Å². The highest BCUT2D eigenvalue weighted by atomic mass is 35.5. The van der Waals surface area contributed by atoms with Crippen molar-refractivity contribution in [3.63, 3.8) is 0 Å². The molecule has 1 N–H and O–H groups in total. The van der Waals surface area contributed by atoms with Crippen LogP contribution in [0.4, 0.5) is 0 Å². The largest absolute Gasteiger partial charge is 0.481 e. The van der Waals surface area contributed by atoms with Gasteiger partial charge in [0.25, 0.3) is 0 Å². The first-order valence-corrected chi connectivity index (χ1v) is 6.46. The SMILES string of the molecule is O=C(CC1CCC(C(=O)O)C1)c1ccccc1Cl. The van der Waals surface area contributed by atoms with Gasteiger partial charge in [0.1, 0.15) is 0 Å². The third-order valence-electron chi connectivity index (χ3n) is 3.54. The van der Waals surface area contributed by atoms with Crippen LogP contribution in [0.5, 0.6) is 0 Å². The Morgan fingerprint density at radius 3 is 2.61 bits per heavy atom. The summed E-state index contributed by atoms with van der Waals surface area (Å²) in [6.45, 7) is 0. The van der Waals surface area contributed by atoms with E-state index in [2.05, 4.69) is 0 Å². The van der Waals surface area contributed by atoms with Gasteiger partial charge in [-0.15, -0.1) is 0 Å². The number of carboxylic acids is 1. The van der Waals surface area contributed by atoms with Gasteiger partial charge in [-0.25, -0.2) is 0 Å². The Kier molecular flexibility index (Phi) is 4.02. The maximum atomic E-state index is 12.1. The van der Waals surface area contributed by atoms with E-state index in [4.69, 9.17) is 16.7 Å². The maximum absolute atomic E-state index is 12.1. The van der Waals surface area contributed by atoms with Crippen molar-refractivity contribution in [2.45, 2.75) is 25.7 Å². The average Bonchev–Trinajstić information content (AvgIpc) is 2.78. The van der Waals surface area contributed by atoms with Crippen LogP contribution in [0.25, 0.3) is 0 Å². The number of rotatable bonds is 4. The fourth-order valence-electron chi connectivity index (χ4n) is 2.54. The van der Waals surface area contributed by atoms with E-state index in [1.807, 2.05) is 0 Å². The Labute approximate surface area is 111 Å². The van der Waals surface area contributed by atoms with Crippen LogP contribution in [0, 0.1) is 11.8 Å². The van der Waals surface area contributed by atoms with Crippen molar-refractivity contribution in [3.05, 3.63) is 34.9 Å². The molecule has 0 bridgehead atoms. The van der Waals surface area contributed by atoms with E-state index in [0.29, 0.717) is 29.8 Å². The Morgan fingerprint density at radius 2 is 2.00 bits per heavy atom. The molecule has 2 unspecified atom stereocenters. The zero-order valence-corrected chi connectivity index (χ0v) is 10.7. The number of hydrogen-bond donors (Lipinski definition) is 1. The number of halogens is 1. The summed E-state index contributed by atoms with van der Waals surface area (Å²) in [5, 5.41) is 9.39. The van der Waals surface area contributed by atoms with Gasteiger partial charge >= 0.3 is 5.97 Å². The van der Waals surface area contributed by atoms with Crippen LogP contribution in [0.15, 0.2) is 24.3 Å². The van der Waals surface area contributed by atoms with Gasteiger partial charge in [-0.05, 0) is 37.3 Å². The summed E-state index contributed by atoms with van der Waals surface area (Å²) in [6.07, 6.45) is 2.49. The number of carbonyl (C=O) groups excluding carboxylic acids is 1. The molecule has 0 radical (unpaired) electrons. The molecule has 1 fully saturated rings. The first kappa shape index (κ1) is 13.1. The van der Waals surface area contributed by atoms with E-state index in [9.17, 15) is 9.59 Å². The smallest absolute Gasteiger partial charge is 0.306 e. The van der Waals surface area contributed by atoms with Gasteiger partial charge in [-0.1, -0.05) is 23.7 Å². The van der Waals surface area contributed by atoms with Crippen LogP contribution in [0.1, 0.15) is 36.0 Å². The van der Waals surface area contributed by atoms with E-state index in [-0.39, 0.29) is 17.6 Å². The van der Waals surface area contributed by atoms with Crippen LogP contribution < -0.4 is 0 Å². The monoisotopic (exact) mass is 266 g/mol. The van der Waals surface area contributed by atoms with Gasteiger partial charge in [0.15, 0.2) is 5.78 Å². The Hall–Kier alpha value is -1.35. The van der Waals surface area contributed by atoms with E-state index in [1.54, 1.807) is 24.3 Å². The highest BCUT2D eigenvalue weighted by Gasteiger charge is 2.31. The molecule has 0 aliphatic heterocycles. The first-order chi connectivity index (χ1) is 8.58. The van der Waals surface area contributed by atoms with Gasteiger partial charge in [0.05, 0.1) is 10.9 Å². The van der Waals surface area contributed by atoms with E-state index < -0.39 is 5.97 Å². The van der Waals surface area contributed by atoms with Crippen molar-refractivity contribution in [1.82, 2.24) is 0 Å². The summed E-state index contributed by atoms with van der Waals surface area (Å²) in [5.41, 5.74) is 0.540. The molecule has 1 aromatic rings. The zero-order chi connectivity index (χ0) is 13.1. The van der Waals surface area contributed by atoms with Crippen LogP contribution in [-0.2, 0) is 4.79 Å². The van der Waals surface area contributed by atoms with Crippen LogP contribution in [0.3, 0.4) is 0 Å². The molecule has 2 atom stereocenters. The number of carboxylic acid groups (broad SMARTS) is 1. The summed E-state index contributed by atoms with van der Waals surface area (Å²) in [7, 11) is 0. The second kappa shape index (κ2) is 5.53. The Bertz CT molecular complexity index is 470. The number of hydrogen-bond acceptors (Lipinski definition) is 2. The predicted octanol–water partition coefficient (Wildman–Crippen LogP) is 3.41. The molecule has 0 amide bonds. The summed E-state index contributed by atoms with van der Waals surface area (Å²) >= 11 is 5.97. The molecule has 18 heavy (non-hydrogen) atoms. The Morgan fingerprint density at radius 1 is 1.28 bits per heavy atom. The quantitative estimate of drug-likeness (QED) is 0.850. The molecule has 1 saturated carbocycles. The molecule has 0 aromatic heterocycles. The van der Waals surface area contributed by atoms with Crippen molar-refractivity contribution in [2.24, 2.45) is 11.8 Å². The molecule has 1 aliphatic carbocycles. The second-order valence-corrected chi connectivity index (χ2v) is 5.23. The zero-order valence-electron chi connectivity index (χ0n) is 9.93. The van der Waals surface area contributed by atoms with E-state index >= 15 is 0 Å². The minimum absolute atomic E-state index is 0.0108. The predicted molar refractivity (Wildman–Crippen MR) is 68.9 cm³/mol. The maximum Gasteiger partial charge on any atom is 0.306 e. The lowest BCUT2D eigenvalue weighted by molar-refractivity contribution is -0.141. The average molecular weight is 267 g/mol. The lowest BCUT2D eigenvalue weighted by Gasteiger charge is -2.09. The molecule has 1 aromatic carbocycles. The summed E-state index contributed by atoms with van der Waals surface area (Å²) in [5.74, 6) is -0.844. The number of Topliss-reactive ketones (excluding diaryl/α,β-unsaturated/α-hetero) is 1. The molecule has 0 spiro atoms. The molecule has 96 valence electrons. The Balaban J connectivity index is 1.97. The lowest BCUT2D eigenvalue weighted by Crippen LogP contribution is -2.11. The highest BCUT2D eigenvalue weighted by Crippen LogP contribution is 2.34. The van der Waals surface area contributed by atoms with Crippen molar-refractivity contribution >= 4 is 23.4 Å². The fourth-order valence-corrected chi connectivity index (χ4v) is 2.79. The minimum Gasteiger partial charge on any atom is -0.481 e. The molecule has 0 saturated heterocycles. The second-order valence-electron chi connectivity index (χ2n) is 4.82. The molecule has 2 rings (SSSR count). The van der Waals surface area contributed by atoms with Crippen LogP contribution >= 0.6 is 11.6 Å². The third-order valence-corrected chi connectivity index (χ3v) is 3.87. The number of aliphatic carboxylic acids is 1. The van der Waals surface area contributed by atoms with Crippen molar-refractivity contribution in [2.75, 3.05) is 0 Å². The van der Waals surface area contributed by atoms with Gasteiger partial charge in [-0.3, -0.25) is 9.59 Å². The molecule has 1 aliphatic rings. The standard InChI is InChI=1S/C14H15ClO3/c15-12-4-2-1-3-11(12)13(16)8-9-5-6-10(7-9)14(17)18/h1-4,9-10H,5-8H2,(H,17,18). The van der Waals surface area contributed by atoms with Crippen molar-refractivity contribution < 1.29 is 14.7 Å². The van der Waals surface area contributed by atoms with Crippen molar-refractivity contribution in [1.29, 1.82) is 0 Å². The van der Waals surface area contributed by atoms with Crippen molar-refractivity contribution in [3.8, 4) is 0 Å². The van der Waals surface area contributed by atoms with E-state index in [1.165, 1.54) is 0 Å². The molecule has 4 heteroatoms. The van der Waals surface area contributed by atoms with E-state index in [0.717, 1.165) is 6.42 Å². The molecule has 0 heterocycles. The lowest BCUT2D eigenvalue weighted by atomic mass is 9.96. The molecule has 3 nitrogen and oxygen atoms in total. The van der Waals surface area contributed by atoms with Crippen LogP contribution in [0.2, 0.25) is 5.02 Å². The summed E-state index contributed by atoms with van der Waals surface area (Å²) in [4.78, 5) is 22.9. The summed E-state index contributed by atoms with van der Waals surface area (Å²) < 4.78 is 0. The summed E-state index contributed by atoms with van der Waals surface area (Å²) in [6, 6.07) is 6.99. The van der Waals surface area contributed by atoms with Crippen LogP contribution in [-0.4, -0.2) is 16.9 Å².